The van der Waals surface area contributed by atoms with Crippen LogP contribution in [0.3, 0.4) is 0 Å². The summed E-state index contributed by atoms with van der Waals surface area (Å²) in [7, 11) is 0. The monoisotopic (exact) mass is 255 g/mol. The summed E-state index contributed by atoms with van der Waals surface area (Å²) in [5.41, 5.74) is 2.43. The molecule has 1 aromatic carbocycles. The first kappa shape index (κ1) is 15.1. The fourth-order valence-corrected chi connectivity index (χ4v) is 1.86. The van der Waals surface area contributed by atoms with Gasteiger partial charge in [0.1, 0.15) is 5.82 Å². The number of aliphatic hydroxyl groups is 1. The van der Waals surface area contributed by atoms with Gasteiger partial charge in [-0.05, 0) is 37.5 Å². The Hall–Kier alpha value is -0.970. The second kappa shape index (κ2) is 7.46. The van der Waals surface area contributed by atoms with Crippen LogP contribution in [0.25, 0.3) is 0 Å². The SMILES string of the molecule is Cc1cc(C(C)NCCOCCO)cc(C)c1F. The van der Waals surface area contributed by atoms with Crippen LogP contribution < -0.4 is 5.32 Å². The zero-order valence-corrected chi connectivity index (χ0v) is 11.3. The van der Waals surface area contributed by atoms with Crippen molar-refractivity contribution in [2.24, 2.45) is 0 Å². The normalized spacial score (nSPS) is 12.7. The van der Waals surface area contributed by atoms with E-state index in [1.807, 2.05) is 19.1 Å². The summed E-state index contributed by atoms with van der Waals surface area (Å²) in [6, 6.07) is 3.89. The fourth-order valence-electron chi connectivity index (χ4n) is 1.86. The number of aryl methyl sites for hydroxylation is 2. The van der Waals surface area contributed by atoms with E-state index in [1.54, 1.807) is 13.8 Å². The van der Waals surface area contributed by atoms with Gasteiger partial charge in [0.05, 0.1) is 19.8 Å². The quantitative estimate of drug-likeness (QED) is 0.733. The van der Waals surface area contributed by atoms with Crippen LogP contribution in [0.15, 0.2) is 12.1 Å². The number of aliphatic hydroxyl groups excluding tert-OH is 1. The second-order valence-electron chi connectivity index (χ2n) is 4.48. The summed E-state index contributed by atoms with van der Waals surface area (Å²) in [6.45, 7) is 7.28. The van der Waals surface area contributed by atoms with E-state index in [0.29, 0.717) is 30.9 Å². The van der Waals surface area contributed by atoms with Crippen LogP contribution >= 0.6 is 0 Å². The van der Waals surface area contributed by atoms with Crippen molar-refractivity contribution in [3.8, 4) is 0 Å². The highest BCUT2D eigenvalue weighted by Crippen LogP contribution is 2.19. The summed E-state index contributed by atoms with van der Waals surface area (Å²) in [5.74, 6) is -0.128. The Morgan fingerprint density at radius 3 is 2.44 bits per heavy atom. The van der Waals surface area contributed by atoms with Gasteiger partial charge < -0.3 is 15.2 Å². The standard InChI is InChI=1S/C14H22FNO2/c1-10-8-13(9-11(2)14(10)15)12(3)16-4-6-18-7-5-17/h8-9,12,16-17H,4-7H2,1-3H3. The molecule has 0 amide bonds. The predicted molar refractivity (Wildman–Crippen MR) is 70.2 cm³/mol. The molecule has 0 heterocycles. The third-order valence-electron chi connectivity index (χ3n) is 2.89. The first-order chi connectivity index (χ1) is 8.56. The van der Waals surface area contributed by atoms with Crippen LogP contribution in [0.4, 0.5) is 4.39 Å². The van der Waals surface area contributed by atoms with E-state index in [9.17, 15) is 4.39 Å². The van der Waals surface area contributed by atoms with E-state index in [-0.39, 0.29) is 18.5 Å². The molecule has 0 saturated carbocycles. The van der Waals surface area contributed by atoms with Gasteiger partial charge in [-0.3, -0.25) is 0 Å². The molecule has 18 heavy (non-hydrogen) atoms. The lowest BCUT2D eigenvalue weighted by atomic mass is 10.0. The fraction of sp³-hybridized carbons (Fsp3) is 0.571. The molecule has 0 saturated heterocycles. The number of nitrogens with one attached hydrogen (secondary N) is 1. The number of hydrogen-bond donors (Lipinski definition) is 2. The highest BCUT2D eigenvalue weighted by atomic mass is 19.1. The molecular formula is C14H22FNO2. The Bertz CT molecular complexity index is 359. The van der Waals surface area contributed by atoms with Crippen molar-refractivity contribution in [1.29, 1.82) is 0 Å². The summed E-state index contributed by atoms with van der Waals surface area (Å²) in [5, 5.41) is 11.9. The molecule has 0 aliphatic heterocycles. The molecule has 102 valence electrons. The molecule has 0 spiro atoms. The molecule has 0 aromatic heterocycles. The number of ether oxygens (including phenoxy) is 1. The maximum Gasteiger partial charge on any atom is 0.129 e. The molecule has 2 N–H and O–H groups in total. The van der Waals surface area contributed by atoms with Crippen molar-refractivity contribution < 1.29 is 14.2 Å². The maximum atomic E-state index is 13.5. The van der Waals surface area contributed by atoms with Crippen molar-refractivity contribution in [2.45, 2.75) is 26.8 Å². The Labute approximate surface area is 108 Å². The third kappa shape index (κ3) is 4.37. The van der Waals surface area contributed by atoms with Crippen LogP contribution in [0.5, 0.6) is 0 Å². The lowest BCUT2D eigenvalue weighted by molar-refractivity contribution is 0.0928. The van der Waals surface area contributed by atoms with Crippen LogP contribution in [0, 0.1) is 19.7 Å². The number of hydrogen-bond acceptors (Lipinski definition) is 3. The molecule has 4 heteroatoms. The summed E-state index contributed by atoms with van der Waals surface area (Å²) in [6.07, 6.45) is 0. The largest absolute Gasteiger partial charge is 0.394 e. The Balaban J connectivity index is 2.49. The van der Waals surface area contributed by atoms with E-state index < -0.39 is 0 Å². The van der Waals surface area contributed by atoms with Crippen molar-refractivity contribution in [3.63, 3.8) is 0 Å². The van der Waals surface area contributed by atoms with Gasteiger partial charge >= 0.3 is 0 Å². The van der Waals surface area contributed by atoms with Gasteiger partial charge in [0.2, 0.25) is 0 Å². The first-order valence-corrected chi connectivity index (χ1v) is 6.25. The lowest BCUT2D eigenvalue weighted by Crippen LogP contribution is -2.24. The second-order valence-corrected chi connectivity index (χ2v) is 4.48. The summed E-state index contributed by atoms with van der Waals surface area (Å²) < 4.78 is 18.7. The van der Waals surface area contributed by atoms with Crippen molar-refractivity contribution in [3.05, 3.63) is 34.6 Å². The molecule has 0 aliphatic rings. The molecular weight excluding hydrogens is 233 g/mol. The summed E-state index contributed by atoms with van der Waals surface area (Å²) >= 11 is 0. The molecule has 1 unspecified atom stereocenters. The van der Waals surface area contributed by atoms with Crippen LogP contribution in [0.2, 0.25) is 0 Å². The van der Waals surface area contributed by atoms with Gasteiger partial charge in [0.15, 0.2) is 0 Å². The van der Waals surface area contributed by atoms with Gasteiger partial charge in [-0.2, -0.15) is 0 Å². The Morgan fingerprint density at radius 1 is 1.28 bits per heavy atom. The van der Waals surface area contributed by atoms with Gasteiger partial charge in [-0.15, -0.1) is 0 Å². The maximum absolute atomic E-state index is 13.5. The van der Waals surface area contributed by atoms with Crippen molar-refractivity contribution >= 4 is 0 Å². The molecule has 1 aromatic rings. The summed E-state index contributed by atoms with van der Waals surface area (Å²) in [4.78, 5) is 0. The number of halogens is 1. The molecule has 1 atom stereocenters. The van der Waals surface area contributed by atoms with Crippen molar-refractivity contribution in [2.75, 3.05) is 26.4 Å². The zero-order valence-electron chi connectivity index (χ0n) is 11.3. The topological polar surface area (TPSA) is 41.5 Å². The van der Waals surface area contributed by atoms with Gasteiger partial charge in [-0.25, -0.2) is 4.39 Å². The van der Waals surface area contributed by atoms with Crippen LogP contribution in [-0.4, -0.2) is 31.5 Å². The minimum atomic E-state index is -0.128. The minimum Gasteiger partial charge on any atom is -0.394 e. The van der Waals surface area contributed by atoms with Gasteiger partial charge in [0.25, 0.3) is 0 Å². The van der Waals surface area contributed by atoms with Gasteiger partial charge in [0, 0.05) is 12.6 Å². The van der Waals surface area contributed by atoms with Crippen LogP contribution in [-0.2, 0) is 4.74 Å². The van der Waals surface area contributed by atoms with E-state index >= 15 is 0 Å². The molecule has 0 radical (unpaired) electrons. The van der Waals surface area contributed by atoms with Crippen molar-refractivity contribution in [1.82, 2.24) is 5.32 Å². The van der Waals surface area contributed by atoms with E-state index in [0.717, 1.165) is 5.56 Å². The van der Waals surface area contributed by atoms with E-state index in [2.05, 4.69) is 5.32 Å². The highest BCUT2D eigenvalue weighted by Gasteiger charge is 2.09. The Morgan fingerprint density at radius 2 is 1.89 bits per heavy atom. The predicted octanol–water partition coefficient (Wildman–Crippen LogP) is 2.10. The van der Waals surface area contributed by atoms with E-state index in [4.69, 9.17) is 9.84 Å². The number of benzene rings is 1. The van der Waals surface area contributed by atoms with Gasteiger partial charge in [-0.1, -0.05) is 12.1 Å². The minimum absolute atomic E-state index is 0.0475. The average molecular weight is 255 g/mol. The molecule has 0 fully saturated rings. The zero-order chi connectivity index (χ0) is 13.5. The average Bonchev–Trinajstić information content (AvgIpc) is 2.34. The third-order valence-corrected chi connectivity index (χ3v) is 2.89. The lowest BCUT2D eigenvalue weighted by Gasteiger charge is -2.16. The Kier molecular flexibility index (Phi) is 6.25. The molecule has 1 rings (SSSR count). The first-order valence-electron chi connectivity index (χ1n) is 6.25. The smallest absolute Gasteiger partial charge is 0.129 e. The number of rotatable bonds is 7. The molecule has 3 nitrogen and oxygen atoms in total. The molecule has 0 aliphatic carbocycles. The van der Waals surface area contributed by atoms with Crippen LogP contribution in [0.1, 0.15) is 29.7 Å². The molecule has 0 bridgehead atoms. The highest BCUT2D eigenvalue weighted by molar-refractivity contribution is 5.32. The van der Waals surface area contributed by atoms with E-state index in [1.165, 1.54) is 0 Å².